The molecule has 0 aliphatic heterocycles. The summed E-state index contributed by atoms with van der Waals surface area (Å²) >= 11 is 0. The number of urea groups is 1. The zero-order valence-electron chi connectivity index (χ0n) is 10.7. The monoisotopic (exact) mass is 267 g/mol. The van der Waals surface area contributed by atoms with Crippen LogP contribution < -0.4 is 10.6 Å². The molecular weight excluding hydrogens is 250 g/mol. The Bertz CT molecular complexity index is 480. The first kappa shape index (κ1) is 13.3. The van der Waals surface area contributed by atoms with E-state index in [1.807, 2.05) is 0 Å². The summed E-state index contributed by atoms with van der Waals surface area (Å²) in [6.45, 7) is 0.372. The molecule has 8 nitrogen and oxygen atoms in total. The van der Waals surface area contributed by atoms with E-state index >= 15 is 0 Å². The Labute approximate surface area is 110 Å². The van der Waals surface area contributed by atoms with Crippen LogP contribution in [0.15, 0.2) is 6.33 Å². The Morgan fingerprint density at radius 1 is 1.47 bits per heavy atom. The molecule has 2 amide bonds. The molecule has 1 aromatic heterocycles. The molecule has 0 aromatic carbocycles. The van der Waals surface area contributed by atoms with Gasteiger partial charge >= 0.3 is 12.0 Å². The number of nitrogens with one attached hydrogen (secondary N) is 2. The van der Waals surface area contributed by atoms with Crippen LogP contribution in [0.1, 0.15) is 25.1 Å². The summed E-state index contributed by atoms with van der Waals surface area (Å²) in [4.78, 5) is 26.6. The van der Waals surface area contributed by atoms with Crippen molar-refractivity contribution in [2.24, 2.45) is 12.5 Å². The predicted octanol–water partition coefficient (Wildman–Crippen LogP) is -0.131. The highest BCUT2D eigenvalue weighted by Crippen LogP contribution is 2.40. The van der Waals surface area contributed by atoms with E-state index in [1.165, 1.54) is 0 Å². The van der Waals surface area contributed by atoms with Gasteiger partial charge in [0, 0.05) is 13.6 Å². The van der Waals surface area contributed by atoms with E-state index in [9.17, 15) is 9.59 Å². The number of carboxylic acid groups (broad SMARTS) is 1. The number of carboxylic acids is 1. The third-order valence-corrected chi connectivity index (χ3v) is 3.41. The van der Waals surface area contributed by atoms with Gasteiger partial charge in [0.05, 0.1) is 12.0 Å². The normalized spacial score (nSPS) is 16.5. The zero-order valence-corrected chi connectivity index (χ0v) is 10.7. The first-order valence-corrected chi connectivity index (χ1v) is 6.11. The Morgan fingerprint density at radius 3 is 2.68 bits per heavy atom. The van der Waals surface area contributed by atoms with Crippen LogP contribution in [0.3, 0.4) is 0 Å². The number of carbonyl (C=O) groups is 2. The molecule has 1 heterocycles. The van der Waals surface area contributed by atoms with Gasteiger partial charge in [-0.1, -0.05) is 6.42 Å². The molecule has 104 valence electrons. The number of hydrogen-bond acceptors (Lipinski definition) is 4. The standard InChI is InChI=1S/C11H17N5O3/c1-16-7-14-8(15-16)5-12-10(19)13-6-11(9(17)18)3-2-4-11/h7H,2-6H2,1H3,(H,17,18)(H2,12,13,19). The number of rotatable bonds is 5. The summed E-state index contributed by atoms with van der Waals surface area (Å²) in [7, 11) is 1.74. The number of aryl methyl sites for hydroxylation is 1. The van der Waals surface area contributed by atoms with Crippen LogP contribution in [0.4, 0.5) is 4.79 Å². The van der Waals surface area contributed by atoms with Crippen LogP contribution in [0.5, 0.6) is 0 Å². The van der Waals surface area contributed by atoms with Crippen molar-refractivity contribution in [1.82, 2.24) is 25.4 Å². The molecule has 0 bridgehead atoms. The van der Waals surface area contributed by atoms with Gasteiger partial charge in [-0.05, 0) is 12.8 Å². The summed E-state index contributed by atoms with van der Waals surface area (Å²) < 4.78 is 1.54. The molecule has 1 aliphatic carbocycles. The lowest BCUT2D eigenvalue weighted by Gasteiger charge is -2.37. The number of amides is 2. The fourth-order valence-electron chi connectivity index (χ4n) is 2.01. The van der Waals surface area contributed by atoms with Gasteiger partial charge < -0.3 is 15.7 Å². The van der Waals surface area contributed by atoms with Crippen molar-refractivity contribution >= 4 is 12.0 Å². The first-order chi connectivity index (χ1) is 9.02. The lowest BCUT2D eigenvalue weighted by molar-refractivity contribution is -0.153. The van der Waals surface area contributed by atoms with Gasteiger partial charge in [0.2, 0.25) is 0 Å². The third kappa shape index (κ3) is 3.01. The summed E-state index contributed by atoms with van der Waals surface area (Å²) in [6, 6.07) is -0.403. The molecule has 1 saturated carbocycles. The highest BCUT2D eigenvalue weighted by Gasteiger charge is 2.44. The van der Waals surface area contributed by atoms with E-state index in [1.54, 1.807) is 18.1 Å². The minimum atomic E-state index is -0.842. The largest absolute Gasteiger partial charge is 0.481 e. The average Bonchev–Trinajstić information content (AvgIpc) is 2.70. The Hall–Kier alpha value is -2.12. The number of hydrogen-bond donors (Lipinski definition) is 3. The van der Waals surface area contributed by atoms with Gasteiger partial charge in [-0.3, -0.25) is 9.48 Å². The lowest BCUT2D eigenvalue weighted by atomic mass is 9.69. The fraction of sp³-hybridized carbons (Fsp3) is 0.636. The van der Waals surface area contributed by atoms with Crippen LogP contribution in [0.2, 0.25) is 0 Å². The quantitative estimate of drug-likeness (QED) is 0.688. The van der Waals surface area contributed by atoms with E-state index < -0.39 is 17.4 Å². The number of carbonyl (C=O) groups excluding carboxylic acids is 1. The van der Waals surface area contributed by atoms with Gasteiger partial charge in [-0.2, -0.15) is 5.10 Å². The molecular formula is C11H17N5O3. The minimum Gasteiger partial charge on any atom is -0.481 e. The SMILES string of the molecule is Cn1cnc(CNC(=O)NCC2(C(=O)O)CCC2)n1. The topological polar surface area (TPSA) is 109 Å². The van der Waals surface area contributed by atoms with Gasteiger partial charge in [-0.15, -0.1) is 0 Å². The van der Waals surface area contributed by atoms with E-state index in [0.29, 0.717) is 18.7 Å². The van der Waals surface area contributed by atoms with Crippen molar-refractivity contribution in [3.8, 4) is 0 Å². The van der Waals surface area contributed by atoms with Crippen molar-refractivity contribution in [1.29, 1.82) is 0 Å². The zero-order chi connectivity index (χ0) is 13.9. The van der Waals surface area contributed by atoms with Gasteiger partial charge in [0.15, 0.2) is 5.82 Å². The van der Waals surface area contributed by atoms with Crippen LogP contribution in [0.25, 0.3) is 0 Å². The van der Waals surface area contributed by atoms with Gasteiger partial charge in [0.25, 0.3) is 0 Å². The predicted molar refractivity (Wildman–Crippen MR) is 65.2 cm³/mol. The highest BCUT2D eigenvalue weighted by atomic mass is 16.4. The smallest absolute Gasteiger partial charge is 0.315 e. The van der Waals surface area contributed by atoms with Crippen LogP contribution in [-0.2, 0) is 18.4 Å². The lowest BCUT2D eigenvalue weighted by Crippen LogP contribution is -2.49. The van der Waals surface area contributed by atoms with Crippen molar-refractivity contribution in [3.05, 3.63) is 12.2 Å². The van der Waals surface area contributed by atoms with Crippen molar-refractivity contribution in [2.75, 3.05) is 6.54 Å². The Balaban J connectivity index is 1.74. The minimum absolute atomic E-state index is 0.157. The van der Waals surface area contributed by atoms with Crippen molar-refractivity contribution in [3.63, 3.8) is 0 Å². The van der Waals surface area contributed by atoms with E-state index in [0.717, 1.165) is 6.42 Å². The third-order valence-electron chi connectivity index (χ3n) is 3.41. The summed E-state index contributed by atoms with van der Waals surface area (Å²) in [5.41, 5.74) is -0.777. The van der Waals surface area contributed by atoms with Gasteiger partial charge in [-0.25, -0.2) is 9.78 Å². The van der Waals surface area contributed by atoms with Crippen molar-refractivity contribution in [2.45, 2.75) is 25.8 Å². The molecule has 2 rings (SSSR count). The molecule has 0 saturated heterocycles. The first-order valence-electron chi connectivity index (χ1n) is 6.11. The second-order valence-electron chi connectivity index (χ2n) is 4.81. The van der Waals surface area contributed by atoms with Crippen molar-refractivity contribution < 1.29 is 14.7 Å². The van der Waals surface area contributed by atoms with Crippen LogP contribution >= 0.6 is 0 Å². The molecule has 0 radical (unpaired) electrons. The highest BCUT2D eigenvalue weighted by molar-refractivity contribution is 5.78. The average molecular weight is 267 g/mol. The molecule has 0 spiro atoms. The summed E-state index contributed by atoms with van der Waals surface area (Å²) in [5, 5.41) is 18.3. The van der Waals surface area contributed by atoms with Gasteiger partial charge in [0.1, 0.15) is 6.33 Å². The molecule has 1 aromatic rings. The van der Waals surface area contributed by atoms with E-state index in [-0.39, 0.29) is 13.1 Å². The molecule has 1 aliphatic rings. The maximum absolute atomic E-state index is 11.6. The molecule has 19 heavy (non-hydrogen) atoms. The summed E-state index contributed by atoms with van der Waals surface area (Å²) in [6.07, 6.45) is 3.67. The second kappa shape index (κ2) is 5.25. The fourth-order valence-corrected chi connectivity index (χ4v) is 2.01. The maximum Gasteiger partial charge on any atom is 0.315 e. The Morgan fingerprint density at radius 2 is 2.21 bits per heavy atom. The number of nitrogens with zero attached hydrogens (tertiary/aromatic N) is 3. The molecule has 8 heteroatoms. The van der Waals surface area contributed by atoms with E-state index in [2.05, 4.69) is 20.7 Å². The maximum atomic E-state index is 11.6. The number of aromatic nitrogens is 3. The molecule has 3 N–H and O–H groups in total. The molecule has 0 unspecified atom stereocenters. The second-order valence-corrected chi connectivity index (χ2v) is 4.81. The molecule has 0 atom stereocenters. The van der Waals surface area contributed by atoms with Crippen LogP contribution in [-0.4, -0.2) is 38.4 Å². The van der Waals surface area contributed by atoms with E-state index in [4.69, 9.17) is 5.11 Å². The molecule has 1 fully saturated rings. The van der Waals surface area contributed by atoms with Crippen LogP contribution in [0, 0.1) is 5.41 Å². The Kier molecular flexibility index (Phi) is 3.68. The number of aliphatic carboxylic acids is 1. The summed E-state index contributed by atoms with van der Waals surface area (Å²) in [5.74, 6) is -0.334.